The summed E-state index contributed by atoms with van der Waals surface area (Å²) in [6, 6.07) is 14.7. The largest absolute Gasteiger partial charge is 0.342 e. The first-order chi connectivity index (χ1) is 14.6. The van der Waals surface area contributed by atoms with Crippen LogP contribution in [0, 0.1) is 23.1 Å². The van der Waals surface area contributed by atoms with Crippen LogP contribution in [0.1, 0.15) is 43.7 Å². The van der Waals surface area contributed by atoms with Crippen molar-refractivity contribution in [2.75, 3.05) is 0 Å². The summed E-state index contributed by atoms with van der Waals surface area (Å²) in [6.07, 6.45) is 8.54. The maximum atomic E-state index is 13.2. The molecule has 0 bridgehead atoms. The molecule has 3 atom stereocenters. The fraction of sp³-hybridized carbons (Fsp3) is 0.360. The lowest BCUT2D eigenvalue weighted by Crippen LogP contribution is -2.22. The maximum Gasteiger partial charge on any atom is 0.244 e. The highest BCUT2D eigenvalue weighted by Crippen LogP contribution is 2.66. The van der Waals surface area contributed by atoms with Gasteiger partial charge in [-0.05, 0) is 47.9 Å². The van der Waals surface area contributed by atoms with E-state index in [1.807, 2.05) is 18.3 Å². The average molecular weight is 404 g/mol. The second-order valence-corrected chi connectivity index (χ2v) is 8.93. The molecule has 2 aromatic carbocycles. The zero-order valence-corrected chi connectivity index (χ0v) is 17.1. The number of carbonyl (C=O) groups is 1. The van der Waals surface area contributed by atoms with Crippen molar-refractivity contribution in [3.63, 3.8) is 0 Å². The van der Waals surface area contributed by atoms with Crippen LogP contribution in [0.2, 0.25) is 0 Å². The van der Waals surface area contributed by atoms with Gasteiger partial charge in [0.25, 0.3) is 0 Å². The maximum absolute atomic E-state index is 13.2. The monoisotopic (exact) mass is 403 g/mol. The molecular formula is C25H26FN3O. The zero-order valence-electron chi connectivity index (χ0n) is 17.1. The number of carbonyl (C=O) groups excluding carboxylic acids is 1. The summed E-state index contributed by atoms with van der Waals surface area (Å²) in [4.78, 5) is 12.6. The minimum atomic E-state index is -0.232. The van der Waals surface area contributed by atoms with Crippen molar-refractivity contribution in [2.45, 2.75) is 39.2 Å². The Morgan fingerprint density at radius 3 is 2.80 bits per heavy atom. The molecule has 1 amide bonds. The van der Waals surface area contributed by atoms with Crippen LogP contribution in [0.5, 0.6) is 0 Å². The van der Waals surface area contributed by atoms with Gasteiger partial charge in [-0.1, -0.05) is 50.1 Å². The molecule has 4 nitrogen and oxygen atoms in total. The van der Waals surface area contributed by atoms with E-state index in [1.54, 1.807) is 18.3 Å². The van der Waals surface area contributed by atoms with Gasteiger partial charge in [0.2, 0.25) is 5.91 Å². The number of nitrogens with one attached hydrogen (secondary N) is 1. The number of fused-ring (bicyclic) bond motifs is 2. The number of hydrazone groups is 1. The van der Waals surface area contributed by atoms with Gasteiger partial charge in [-0.15, -0.1) is 0 Å². The van der Waals surface area contributed by atoms with Gasteiger partial charge in [0.1, 0.15) is 5.82 Å². The van der Waals surface area contributed by atoms with Gasteiger partial charge in [0.15, 0.2) is 0 Å². The number of hydrogen-bond acceptors (Lipinski definition) is 2. The lowest BCUT2D eigenvalue weighted by molar-refractivity contribution is -0.123. The molecule has 5 rings (SSSR count). The molecule has 0 radical (unpaired) electrons. The Kier molecular flexibility index (Phi) is 4.69. The molecule has 5 heteroatoms. The molecule has 30 heavy (non-hydrogen) atoms. The van der Waals surface area contributed by atoms with Gasteiger partial charge in [0.05, 0.1) is 6.21 Å². The molecule has 2 aliphatic rings. The lowest BCUT2D eigenvalue weighted by Gasteiger charge is -2.15. The fourth-order valence-electron chi connectivity index (χ4n) is 5.38. The molecule has 3 unspecified atom stereocenters. The first kappa shape index (κ1) is 19.0. The second kappa shape index (κ2) is 7.38. The van der Waals surface area contributed by atoms with E-state index >= 15 is 0 Å². The van der Waals surface area contributed by atoms with Gasteiger partial charge in [-0.2, -0.15) is 5.10 Å². The molecule has 3 aromatic rings. The van der Waals surface area contributed by atoms with Crippen LogP contribution >= 0.6 is 0 Å². The molecule has 1 heterocycles. The van der Waals surface area contributed by atoms with E-state index in [9.17, 15) is 9.18 Å². The molecule has 1 aromatic heterocycles. The first-order valence-electron chi connectivity index (χ1n) is 10.7. The van der Waals surface area contributed by atoms with Crippen molar-refractivity contribution in [3.05, 3.63) is 71.7 Å². The molecule has 2 saturated carbocycles. The van der Waals surface area contributed by atoms with E-state index in [4.69, 9.17) is 0 Å². The number of benzene rings is 2. The quantitative estimate of drug-likeness (QED) is 0.467. The van der Waals surface area contributed by atoms with Crippen molar-refractivity contribution in [1.82, 2.24) is 9.99 Å². The van der Waals surface area contributed by atoms with Gasteiger partial charge in [-0.3, -0.25) is 4.79 Å². The van der Waals surface area contributed by atoms with Crippen LogP contribution < -0.4 is 5.43 Å². The summed E-state index contributed by atoms with van der Waals surface area (Å²) in [5, 5.41) is 5.36. The number of para-hydroxylation sites is 1. The molecular weight excluding hydrogens is 377 g/mol. The van der Waals surface area contributed by atoms with Gasteiger partial charge in [0, 0.05) is 35.1 Å². The predicted molar refractivity (Wildman–Crippen MR) is 117 cm³/mol. The highest BCUT2D eigenvalue weighted by molar-refractivity contribution is 5.99. The van der Waals surface area contributed by atoms with Crippen LogP contribution in [0.15, 0.2) is 59.8 Å². The SMILES string of the molecule is CC12CCCCC1C2C(=O)NN=Cc1cn(Cc2ccc(F)cc2)c2ccccc12. The van der Waals surface area contributed by atoms with Crippen LogP contribution in [0.25, 0.3) is 10.9 Å². The zero-order chi connectivity index (χ0) is 20.7. The van der Waals surface area contributed by atoms with E-state index < -0.39 is 0 Å². The van der Waals surface area contributed by atoms with Crippen LogP contribution in [0.3, 0.4) is 0 Å². The van der Waals surface area contributed by atoms with E-state index in [0.29, 0.717) is 12.5 Å². The van der Waals surface area contributed by atoms with Crippen molar-refractivity contribution < 1.29 is 9.18 Å². The Hall–Kier alpha value is -2.95. The number of nitrogens with zero attached hydrogens (tertiary/aromatic N) is 2. The second-order valence-electron chi connectivity index (χ2n) is 8.93. The highest BCUT2D eigenvalue weighted by Gasteiger charge is 2.64. The van der Waals surface area contributed by atoms with Crippen LogP contribution in [-0.2, 0) is 11.3 Å². The molecule has 0 aliphatic heterocycles. The van der Waals surface area contributed by atoms with E-state index in [1.165, 1.54) is 25.0 Å². The summed E-state index contributed by atoms with van der Waals surface area (Å²) in [6.45, 7) is 2.89. The summed E-state index contributed by atoms with van der Waals surface area (Å²) in [5.41, 5.74) is 6.02. The Bertz CT molecular complexity index is 1120. The molecule has 154 valence electrons. The minimum Gasteiger partial charge on any atom is -0.342 e. The number of rotatable bonds is 5. The Morgan fingerprint density at radius 2 is 2.03 bits per heavy atom. The number of aromatic nitrogens is 1. The summed E-state index contributed by atoms with van der Waals surface area (Å²) >= 11 is 0. The normalized spacial score (nSPS) is 25.4. The third kappa shape index (κ3) is 3.32. The molecule has 0 saturated heterocycles. The third-order valence-electron chi connectivity index (χ3n) is 7.08. The van der Waals surface area contributed by atoms with Crippen LogP contribution in [0.4, 0.5) is 4.39 Å². The standard InChI is InChI=1S/C25H26FN3O/c1-25-13-5-4-7-21(25)23(25)24(30)28-27-14-18-16-29(22-8-3-2-6-20(18)22)15-17-9-11-19(26)12-10-17/h2-3,6,8-12,14,16,21,23H,4-5,7,13,15H2,1H3,(H,28,30). The van der Waals surface area contributed by atoms with Gasteiger partial charge in [-0.25, -0.2) is 9.82 Å². The van der Waals surface area contributed by atoms with E-state index in [-0.39, 0.29) is 23.1 Å². The molecule has 2 fully saturated rings. The predicted octanol–water partition coefficient (Wildman–Crippen LogP) is 5.11. The summed E-state index contributed by atoms with van der Waals surface area (Å²) < 4.78 is 15.3. The Balaban J connectivity index is 1.33. The van der Waals surface area contributed by atoms with Crippen LogP contribution in [-0.4, -0.2) is 16.7 Å². The highest BCUT2D eigenvalue weighted by atomic mass is 19.1. The van der Waals surface area contributed by atoms with Crippen molar-refractivity contribution >= 4 is 23.0 Å². The first-order valence-corrected chi connectivity index (χ1v) is 10.7. The topological polar surface area (TPSA) is 46.4 Å². The smallest absolute Gasteiger partial charge is 0.244 e. The molecule has 2 aliphatic carbocycles. The minimum absolute atomic E-state index is 0.0516. The van der Waals surface area contributed by atoms with Crippen molar-refractivity contribution in [3.8, 4) is 0 Å². The van der Waals surface area contributed by atoms with Crippen molar-refractivity contribution in [2.24, 2.45) is 22.4 Å². The van der Waals surface area contributed by atoms with Gasteiger partial charge >= 0.3 is 0 Å². The van der Waals surface area contributed by atoms with E-state index in [0.717, 1.165) is 34.9 Å². The summed E-state index contributed by atoms with van der Waals surface area (Å²) in [7, 11) is 0. The van der Waals surface area contributed by atoms with E-state index in [2.05, 4.69) is 34.2 Å². The van der Waals surface area contributed by atoms with Crippen molar-refractivity contribution in [1.29, 1.82) is 0 Å². The fourth-order valence-corrected chi connectivity index (χ4v) is 5.38. The third-order valence-corrected chi connectivity index (χ3v) is 7.08. The molecule has 1 N–H and O–H groups in total. The lowest BCUT2D eigenvalue weighted by atomic mass is 9.90. The number of halogens is 1. The molecule has 0 spiro atoms. The number of amides is 1. The Morgan fingerprint density at radius 1 is 1.23 bits per heavy atom. The number of hydrogen-bond donors (Lipinski definition) is 1. The van der Waals surface area contributed by atoms with Gasteiger partial charge < -0.3 is 4.57 Å². The average Bonchev–Trinajstić information content (AvgIpc) is 3.25. The Labute approximate surface area is 175 Å². The summed E-state index contributed by atoms with van der Waals surface area (Å²) in [5.74, 6) is 0.454.